The summed E-state index contributed by atoms with van der Waals surface area (Å²) in [6.45, 7) is 2.85. The first-order chi connectivity index (χ1) is 14.8. The molecule has 1 saturated heterocycles. The Hall–Kier alpha value is -2.94. The summed E-state index contributed by atoms with van der Waals surface area (Å²) >= 11 is 0. The van der Waals surface area contributed by atoms with Crippen LogP contribution < -0.4 is 5.32 Å². The molecule has 0 radical (unpaired) electrons. The summed E-state index contributed by atoms with van der Waals surface area (Å²) in [5.41, 5.74) is 1.73. The number of hydrogen-bond donors (Lipinski definition) is 1. The van der Waals surface area contributed by atoms with Crippen molar-refractivity contribution in [3.63, 3.8) is 0 Å². The number of nitrogens with one attached hydrogen (secondary N) is 1. The minimum atomic E-state index is -5.05. The number of hydrogen-bond acceptors (Lipinski definition) is 4. The van der Waals surface area contributed by atoms with Crippen LogP contribution in [0.4, 0.5) is 13.2 Å². The van der Waals surface area contributed by atoms with Crippen molar-refractivity contribution in [1.29, 1.82) is 0 Å². The lowest BCUT2D eigenvalue weighted by Gasteiger charge is -2.27. The smallest absolute Gasteiger partial charge is 0.340 e. The maximum absolute atomic E-state index is 13.1. The number of carbonyl (C=O) groups is 2. The molecule has 1 fully saturated rings. The predicted molar refractivity (Wildman–Crippen MR) is 109 cm³/mol. The summed E-state index contributed by atoms with van der Waals surface area (Å²) in [6.07, 6.45) is -0.867. The summed E-state index contributed by atoms with van der Waals surface area (Å²) in [4.78, 5) is 32.5. The molecule has 166 valence electrons. The van der Waals surface area contributed by atoms with Crippen LogP contribution in [0, 0.1) is 0 Å². The second-order valence-electron chi connectivity index (χ2n) is 7.53. The fourth-order valence-corrected chi connectivity index (χ4v) is 3.61. The molecule has 1 aliphatic heterocycles. The average molecular weight is 434 g/mol. The second kappa shape index (κ2) is 10.4. The van der Waals surface area contributed by atoms with Crippen LogP contribution >= 0.6 is 0 Å². The number of benzene rings is 1. The van der Waals surface area contributed by atoms with E-state index in [2.05, 4.69) is 9.88 Å². The maximum atomic E-state index is 13.1. The average Bonchev–Trinajstić information content (AvgIpc) is 2.99. The van der Waals surface area contributed by atoms with Gasteiger partial charge in [-0.25, -0.2) is 0 Å². The minimum Gasteiger partial charge on any atom is -0.340 e. The molecule has 1 aliphatic rings. The third kappa shape index (κ3) is 6.78. The highest BCUT2D eigenvalue weighted by Crippen LogP contribution is 2.17. The van der Waals surface area contributed by atoms with Crippen molar-refractivity contribution >= 4 is 11.8 Å². The molecule has 1 aromatic heterocycles. The largest absolute Gasteiger partial charge is 0.471 e. The van der Waals surface area contributed by atoms with E-state index in [-0.39, 0.29) is 6.42 Å². The number of halogens is 3. The van der Waals surface area contributed by atoms with Gasteiger partial charge in [-0.15, -0.1) is 0 Å². The first-order valence-corrected chi connectivity index (χ1v) is 10.1. The van der Waals surface area contributed by atoms with Crippen LogP contribution in [0.5, 0.6) is 0 Å². The summed E-state index contributed by atoms with van der Waals surface area (Å²) in [5, 5.41) is 1.90. The molecule has 2 aromatic rings. The van der Waals surface area contributed by atoms with Gasteiger partial charge in [-0.3, -0.25) is 19.5 Å². The Balaban J connectivity index is 1.67. The molecule has 31 heavy (non-hydrogen) atoms. The van der Waals surface area contributed by atoms with E-state index in [9.17, 15) is 22.8 Å². The van der Waals surface area contributed by atoms with Gasteiger partial charge in [0.15, 0.2) is 0 Å². The fraction of sp³-hybridized carbons (Fsp3) is 0.409. The van der Waals surface area contributed by atoms with Gasteiger partial charge in [0.25, 0.3) is 0 Å². The summed E-state index contributed by atoms with van der Waals surface area (Å²) in [5.74, 6) is -2.60. The predicted octanol–water partition coefficient (Wildman–Crippen LogP) is 2.41. The zero-order chi connectivity index (χ0) is 22.3. The molecule has 0 bridgehead atoms. The van der Waals surface area contributed by atoms with Crippen molar-refractivity contribution in [1.82, 2.24) is 20.1 Å². The number of amides is 2. The topological polar surface area (TPSA) is 65.5 Å². The fourth-order valence-electron chi connectivity index (χ4n) is 3.61. The van der Waals surface area contributed by atoms with Crippen LogP contribution in [0.25, 0.3) is 0 Å². The number of pyridine rings is 1. The minimum absolute atomic E-state index is 0.00259. The first kappa shape index (κ1) is 22.7. The Labute approximate surface area is 179 Å². The van der Waals surface area contributed by atoms with Crippen LogP contribution in [-0.4, -0.2) is 65.0 Å². The van der Waals surface area contributed by atoms with Crippen LogP contribution in [0.3, 0.4) is 0 Å². The molecule has 2 amide bonds. The van der Waals surface area contributed by atoms with Crippen molar-refractivity contribution in [3.05, 3.63) is 66.0 Å². The Kier molecular flexibility index (Phi) is 7.62. The third-order valence-corrected chi connectivity index (χ3v) is 5.17. The number of carbonyl (C=O) groups excluding carboxylic acids is 2. The second-order valence-corrected chi connectivity index (χ2v) is 7.53. The van der Waals surface area contributed by atoms with Gasteiger partial charge in [0.2, 0.25) is 5.91 Å². The highest BCUT2D eigenvalue weighted by Gasteiger charge is 2.41. The number of aromatic nitrogens is 1. The lowest BCUT2D eigenvalue weighted by molar-refractivity contribution is -0.175. The van der Waals surface area contributed by atoms with Gasteiger partial charge in [-0.05, 0) is 23.6 Å². The molecule has 1 N–H and O–H groups in total. The molecule has 0 aliphatic carbocycles. The van der Waals surface area contributed by atoms with Crippen molar-refractivity contribution in [2.24, 2.45) is 0 Å². The number of alkyl halides is 3. The lowest BCUT2D eigenvalue weighted by atomic mass is 10.0. The molecule has 1 atom stereocenters. The molecule has 1 unspecified atom stereocenters. The van der Waals surface area contributed by atoms with Crippen molar-refractivity contribution in [2.75, 3.05) is 26.2 Å². The van der Waals surface area contributed by atoms with Crippen molar-refractivity contribution < 1.29 is 22.8 Å². The van der Waals surface area contributed by atoms with E-state index in [1.807, 2.05) is 17.4 Å². The van der Waals surface area contributed by atoms with E-state index < -0.39 is 24.0 Å². The van der Waals surface area contributed by atoms with Crippen LogP contribution in [0.1, 0.15) is 17.5 Å². The van der Waals surface area contributed by atoms with Gasteiger partial charge in [0.05, 0.1) is 0 Å². The summed E-state index contributed by atoms with van der Waals surface area (Å²) in [6, 6.07) is 11.3. The molecule has 0 saturated carbocycles. The summed E-state index contributed by atoms with van der Waals surface area (Å²) in [7, 11) is 0. The molecule has 6 nitrogen and oxygen atoms in total. The quantitative estimate of drug-likeness (QED) is 0.759. The van der Waals surface area contributed by atoms with E-state index in [0.717, 1.165) is 12.1 Å². The highest BCUT2D eigenvalue weighted by atomic mass is 19.4. The van der Waals surface area contributed by atoms with Crippen LogP contribution in [-0.2, 0) is 22.6 Å². The molecule has 3 rings (SSSR count). The van der Waals surface area contributed by atoms with Gasteiger partial charge in [0, 0.05) is 51.5 Å². The molecule has 2 heterocycles. The first-order valence-electron chi connectivity index (χ1n) is 10.1. The normalized spacial score (nSPS) is 16.4. The Morgan fingerprint density at radius 3 is 2.42 bits per heavy atom. The van der Waals surface area contributed by atoms with E-state index in [1.54, 1.807) is 47.6 Å². The SMILES string of the molecule is O=C(C(Cc1ccccc1)NC(=O)C(F)(F)F)N1CCCN(Cc2cccnc2)CC1. The van der Waals surface area contributed by atoms with E-state index in [1.165, 1.54) is 0 Å². The van der Waals surface area contributed by atoms with Gasteiger partial charge >= 0.3 is 12.1 Å². The van der Waals surface area contributed by atoms with E-state index in [4.69, 9.17) is 0 Å². The molecule has 9 heteroatoms. The molecule has 1 aromatic carbocycles. The Morgan fingerprint density at radius 2 is 1.74 bits per heavy atom. The molecular formula is C22H25F3N4O2. The van der Waals surface area contributed by atoms with Crippen LogP contribution in [0.2, 0.25) is 0 Å². The maximum Gasteiger partial charge on any atom is 0.471 e. The number of rotatable bonds is 6. The molecule has 0 spiro atoms. The number of nitrogens with zero attached hydrogens (tertiary/aromatic N) is 3. The zero-order valence-corrected chi connectivity index (χ0v) is 17.0. The lowest BCUT2D eigenvalue weighted by Crippen LogP contribution is -2.53. The summed E-state index contributed by atoms with van der Waals surface area (Å²) < 4.78 is 38.5. The Bertz CT molecular complexity index is 862. The van der Waals surface area contributed by atoms with Gasteiger partial charge in [-0.2, -0.15) is 13.2 Å². The third-order valence-electron chi connectivity index (χ3n) is 5.17. The van der Waals surface area contributed by atoms with E-state index in [0.29, 0.717) is 38.2 Å². The zero-order valence-electron chi connectivity index (χ0n) is 17.0. The van der Waals surface area contributed by atoms with Gasteiger partial charge in [0.1, 0.15) is 6.04 Å². The monoisotopic (exact) mass is 434 g/mol. The van der Waals surface area contributed by atoms with E-state index >= 15 is 0 Å². The van der Waals surface area contributed by atoms with Crippen molar-refractivity contribution in [2.45, 2.75) is 31.6 Å². The molecular weight excluding hydrogens is 409 g/mol. The Morgan fingerprint density at radius 1 is 1.00 bits per heavy atom. The van der Waals surface area contributed by atoms with Crippen molar-refractivity contribution in [3.8, 4) is 0 Å². The van der Waals surface area contributed by atoms with Gasteiger partial charge in [-0.1, -0.05) is 36.4 Å². The van der Waals surface area contributed by atoms with Crippen LogP contribution in [0.15, 0.2) is 54.9 Å². The standard InChI is InChI=1S/C22H25F3N4O2/c23-22(24,25)21(31)27-19(14-17-6-2-1-3-7-17)20(30)29-11-5-10-28(12-13-29)16-18-8-4-9-26-15-18/h1-4,6-9,15,19H,5,10-14,16H2,(H,27,31). The van der Waals surface area contributed by atoms with Gasteiger partial charge < -0.3 is 10.2 Å². The highest BCUT2D eigenvalue weighted by molar-refractivity contribution is 5.90.